The number of anilines is 1. The van der Waals surface area contributed by atoms with Crippen LogP contribution >= 0.6 is 0 Å². The van der Waals surface area contributed by atoms with E-state index in [2.05, 4.69) is 10.1 Å². The lowest BCUT2D eigenvalue weighted by Gasteiger charge is -2.11. The first-order valence-electron chi connectivity index (χ1n) is 6.31. The quantitative estimate of drug-likeness (QED) is 0.603. The van der Waals surface area contributed by atoms with Gasteiger partial charge in [0.15, 0.2) is 6.61 Å². The molecule has 0 aliphatic heterocycles. The zero-order chi connectivity index (χ0) is 15.1. The van der Waals surface area contributed by atoms with Crippen molar-refractivity contribution in [3.8, 4) is 5.75 Å². The van der Waals surface area contributed by atoms with Crippen molar-refractivity contribution in [2.75, 3.05) is 26.0 Å². The molecule has 1 rings (SSSR count). The highest BCUT2D eigenvalue weighted by Crippen LogP contribution is 2.22. The smallest absolute Gasteiger partial charge is 0.337 e. The monoisotopic (exact) mass is 280 g/mol. The summed E-state index contributed by atoms with van der Waals surface area (Å²) in [6.07, 6.45) is 0. The predicted molar refractivity (Wildman–Crippen MR) is 75.5 cm³/mol. The molecule has 6 nitrogen and oxygen atoms in total. The van der Waals surface area contributed by atoms with E-state index in [4.69, 9.17) is 10.5 Å². The van der Waals surface area contributed by atoms with Crippen LogP contribution in [-0.2, 0) is 9.53 Å². The second-order valence-corrected chi connectivity index (χ2v) is 4.73. The van der Waals surface area contributed by atoms with Crippen LogP contribution in [0.25, 0.3) is 0 Å². The van der Waals surface area contributed by atoms with Gasteiger partial charge in [-0.15, -0.1) is 0 Å². The third kappa shape index (κ3) is 4.79. The molecule has 0 aliphatic rings. The summed E-state index contributed by atoms with van der Waals surface area (Å²) < 4.78 is 9.89. The van der Waals surface area contributed by atoms with Gasteiger partial charge in [-0.2, -0.15) is 0 Å². The van der Waals surface area contributed by atoms with E-state index in [1.807, 2.05) is 13.8 Å². The number of esters is 1. The lowest BCUT2D eigenvalue weighted by Crippen LogP contribution is -2.31. The summed E-state index contributed by atoms with van der Waals surface area (Å²) in [6.45, 7) is 4.49. The second kappa shape index (κ2) is 7.37. The van der Waals surface area contributed by atoms with Crippen LogP contribution in [0.4, 0.5) is 5.69 Å². The molecule has 110 valence electrons. The number of methoxy groups -OCH3 is 1. The van der Waals surface area contributed by atoms with Crippen molar-refractivity contribution >= 4 is 17.6 Å². The minimum Gasteiger partial charge on any atom is -0.482 e. The van der Waals surface area contributed by atoms with Crippen molar-refractivity contribution in [3.05, 3.63) is 23.8 Å². The fraction of sp³-hybridized carbons (Fsp3) is 0.429. The van der Waals surface area contributed by atoms with Crippen LogP contribution in [0.15, 0.2) is 18.2 Å². The number of nitrogens with two attached hydrogens (primary N) is 1. The van der Waals surface area contributed by atoms with E-state index in [0.29, 0.717) is 23.8 Å². The van der Waals surface area contributed by atoms with Crippen LogP contribution < -0.4 is 15.8 Å². The molecule has 0 saturated heterocycles. The van der Waals surface area contributed by atoms with Gasteiger partial charge in [-0.1, -0.05) is 13.8 Å². The van der Waals surface area contributed by atoms with E-state index < -0.39 is 5.97 Å². The SMILES string of the molecule is COC(=O)c1ccc(OCC(=O)NCC(C)C)c(N)c1. The number of hydrogen-bond acceptors (Lipinski definition) is 5. The van der Waals surface area contributed by atoms with Crippen molar-refractivity contribution in [1.29, 1.82) is 0 Å². The topological polar surface area (TPSA) is 90.6 Å². The van der Waals surface area contributed by atoms with Gasteiger partial charge in [-0.3, -0.25) is 4.79 Å². The first-order valence-corrected chi connectivity index (χ1v) is 6.31. The maximum atomic E-state index is 11.5. The average molecular weight is 280 g/mol. The highest BCUT2D eigenvalue weighted by Gasteiger charge is 2.10. The highest BCUT2D eigenvalue weighted by molar-refractivity contribution is 5.91. The molecule has 0 aliphatic carbocycles. The normalized spacial score (nSPS) is 10.2. The molecule has 20 heavy (non-hydrogen) atoms. The van der Waals surface area contributed by atoms with E-state index in [1.54, 1.807) is 0 Å². The molecule has 0 atom stereocenters. The molecular formula is C14H20N2O4. The fourth-order valence-corrected chi connectivity index (χ4v) is 1.44. The molecular weight excluding hydrogens is 260 g/mol. The third-order valence-electron chi connectivity index (χ3n) is 2.50. The molecule has 1 aromatic carbocycles. The molecule has 0 heterocycles. The second-order valence-electron chi connectivity index (χ2n) is 4.73. The summed E-state index contributed by atoms with van der Waals surface area (Å²) in [4.78, 5) is 22.8. The van der Waals surface area contributed by atoms with Gasteiger partial charge in [0.1, 0.15) is 5.75 Å². The Kier molecular flexibility index (Phi) is 5.83. The number of amides is 1. The van der Waals surface area contributed by atoms with Crippen LogP contribution in [0.1, 0.15) is 24.2 Å². The van der Waals surface area contributed by atoms with Crippen molar-refractivity contribution in [2.24, 2.45) is 5.92 Å². The summed E-state index contributed by atoms with van der Waals surface area (Å²) >= 11 is 0. The summed E-state index contributed by atoms with van der Waals surface area (Å²) in [6, 6.07) is 4.52. The minimum absolute atomic E-state index is 0.117. The standard InChI is InChI=1S/C14H20N2O4/c1-9(2)7-16-13(17)8-20-12-5-4-10(6-11(12)15)14(18)19-3/h4-6,9H,7-8,15H2,1-3H3,(H,16,17). The van der Waals surface area contributed by atoms with Crippen molar-refractivity contribution in [1.82, 2.24) is 5.32 Å². The number of hydrogen-bond donors (Lipinski definition) is 2. The van der Waals surface area contributed by atoms with E-state index in [9.17, 15) is 9.59 Å². The number of carbonyl (C=O) groups excluding carboxylic acids is 2. The Morgan fingerprint density at radius 3 is 2.60 bits per heavy atom. The lowest BCUT2D eigenvalue weighted by atomic mass is 10.2. The number of carbonyl (C=O) groups is 2. The molecule has 0 bridgehead atoms. The molecule has 1 amide bonds. The summed E-state index contributed by atoms with van der Waals surface area (Å²) in [5.74, 6) is 0.0498. The van der Waals surface area contributed by atoms with Gasteiger partial charge in [0, 0.05) is 6.54 Å². The Bertz CT molecular complexity index is 486. The Morgan fingerprint density at radius 2 is 2.05 bits per heavy atom. The van der Waals surface area contributed by atoms with E-state index >= 15 is 0 Å². The molecule has 0 fully saturated rings. The van der Waals surface area contributed by atoms with Crippen LogP contribution in [0.2, 0.25) is 0 Å². The van der Waals surface area contributed by atoms with E-state index in [1.165, 1.54) is 25.3 Å². The first-order chi connectivity index (χ1) is 9.43. The van der Waals surface area contributed by atoms with Gasteiger partial charge in [0.25, 0.3) is 5.91 Å². The summed E-state index contributed by atoms with van der Waals surface area (Å²) in [5.41, 5.74) is 6.37. The maximum absolute atomic E-state index is 11.5. The molecule has 1 aromatic rings. The first kappa shape index (κ1) is 15.8. The van der Waals surface area contributed by atoms with Gasteiger partial charge in [-0.25, -0.2) is 4.79 Å². The Balaban J connectivity index is 2.56. The molecule has 0 aromatic heterocycles. The molecule has 0 spiro atoms. The molecule has 0 saturated carbocycles. The third-order valence-corrected chi connectivity index (χ3v) is 2.50. The van der Waals surface area contributed by atoms with Gasteiger partial charge in [0.05, 0.1) is 18.4 Å². The van der Waals surface area contributed by atoms with E-state index in [-0.39, 0.29) is 18.2 Å². The van der Waals surface area contributed by atoms with Gasteiger partial charge >= 0.3 is 5.97 Å². The number of nitrogen functional groups attached to an aromatic ring is 1. The van der Waals surface area contributed by atoms with Crippen LogP contribution in [0.3, 0.4) is 0 Å². The molecule has 0 radical (unpaired) electrons. The Hall–Kier alpha value is -2.24. The van der Waals surface area contributed by atoms with E-state index in [0.717, 1.165) is 0 Å². The number of benzene rings is 1. The molecule has 0 unspecified atom stereocenters. The number of nitrogens with one attached hydrogen (secondary N) is 1. The number of rotatable bonds is 6. The van der Waals surface area contributed by atoms with Gasteiger partial charge in [-0.05, 0) is 24.1 Å². The molecule has 3 N–H and O–H groups in total. The van der Waals surface area contributed by atoms with Crippen molar-refractivity contribution in [2.45, 2.75) is 13.8 Å². The predicted octanol–water partition coefficient (Wildman–Crippen LogP) is 1.21. The van der Waals surface area contributed by atoms with Gasteiger partial charge < -0.3 is 20.5 Å². The van der Waals surface area contributed by atoms with Gasteiger partial charge in [0.2, 0.25) is 0 Å². The minimum atomic E-state index is -0.474. The van der Waals surface area contributed by atoms with Crippen molar-refractivity contribution in [3.63, 3.8) is 0 Å². The Labute approximate surface area is 118 Å². The van der Waals surface area contributed by atoms with Crippen LogP contribution in [-0.4, -0.2) is 32.1 Å². The zero-order valence-corrected chi connectivity index (χ0v) is 11.9. The van der Waals surface area contributed by atoms with Crippen LogP contribution in [0, 0.1) is 5.92 Å². The molecule has 6 heteroatoms. The largest absolute Gasteiger partial charge is 0.482 e. The maximum Gasteiger partial charge on any atom is 0.337 e. The lowest BCUT2D eigenvalue weighted by molar-refractivity contribution is -0.123. The fourth-order valence-electron chi connectivity index (χ4n) is 1.44. The summed E-state index contributed by atoms with van der Waals surface area (Å²) in [5, 5.41) is 2.73. The van der Waals surface area contributed by atoms with Crippen molar-refractivity contribution < 1.29 is 19.1 Å². The Morgan fingerprint density at radius 1 is 1.35 bits per heavy atom. The zero-order valence-electron chi connectivity index (χ0n) is 11.9. The van der Waals surface area contributed by atoms with Crippen LogP contribution in [0.5, 0.6) is 5.75 Å². The average Bonchev–Trinajstić information content (AvgIpc) is 2.42. The number of ether oxygens (including phenoxy) is 2. The summed E-state index contributed by atoms with van der Waals surface area (Å²) in [7, 11) is 1.29. The highest BCUT2D eigenvalue weighted by atomic mass is 16.5.